The van der Waals surface area contributed by atoms with E-state index in [1.165, 1.54) is 6.07 Å². The Morgan fingerprint density at radius 2 is 1.89 bits per heavy atom. The molecule has 5 rings (SSSR count). The van der Waals surface area contributed by atoms with Crippen LogP contribution in [0, 0.1) is 5.82 Å². The minimum Gasteiger partial charge on any atom is -0.381 e. The molecule has 2 atom stereocenters. The van der Waals surface area contributed by atoms with Gasteiger partial charge in [-0.15, -0.1) is 0 Å². The van der Waals surface area contributed by atoms with Gasteiger partial charge < -0.3 is 20.3 Å². The van der Waals surface area contributed by atoms with Crippen molar-refractivity contribution < 1.29 is 33.7 Å². The number of carbonyl (C=O) groups excluding carboxylic acids is 3. The number of piperidine rings is 1. The van der Waals surface area contributed by atoms with Gasteiger partial charge in [0.25, 0.3) is 11.8 Å². The highest BCUT2D eigenvalue weighted by Gasteiger charge is 2.51. The van der Waals surface area contributed by atoms with Crippen LogP contribution in [0.1, 0.15) is 39.9 Å². The van der Waals surface area contributed by atoms with Gasteiger partial charge in [0.05, 0.1) is 25.4 Å². The van der Waals surface area contributed by atoms with Gasteiger partial charge in [0.15, 0.2) is 0 Å². The smallest absolute Gasteiger partial charge is 0.279 e. The van der Waals surface area contributed by atoms with Crippen LogP contribution >= 0.6 is 0 Å². The van der Waals surface area contributed by atoms with Crippen LogP contribution < -0.4 is 10.6 Å². The molecule has 4 N–H and O–H groups in total. The lowest BCUT2D eigenvalue weighted by atomic mass is 9.81. The Kier molecular flexibility index (Phi) is 6.53. The summed E-state index contributed by atoms with van der Waals surface area (Å²) in [6.45, 7) is 1.41. The van der Waals surface area contributed by atoms with Crippen molar-refractivity contribution in [3.05, 3.63) is 64.5 Å². The molecular formula is C25H26BFN4O6. The number of nitrogens with one attached hydrogen (secondary N) is 2. The normalized spacial score (nSPS) is 24.0. The third kappa shape index (κ3) is 4.39. The van der Waals surface area contributed by atoms with Gasteiger partial charge in [-0.1, -0.05) is 24.3 Å². The van der Waals surface area contributed by atoms with Crippen LogP contribution in [0.25, 0.3) is 0 Å². The number of morpholine rings is 1. The number of nitrogens with zero attached hydrogens (tertiary/aromatic N) is 2. The number of hydrogen-bond donors (Lipinski definition) is 4. The Morgan fingerprint density at radius 3 is 2.62 bits per heavy atom. The van der Waals surface area contributed by atoms with E-state index < -0.39 is 34.9 Å². The van der Waals surface area contributed by atoms with Crippen molar-refractivity contribution in [1.82, 2.24) is 15.1 Å². The second-order valence-corrected chi connectivity index (χ2v) is 9.37. The third-order valence-electron chi connectivity index (χ3n) is 7.17. The number of ether oxygens (including phenoxy) is 1. The molecule has 3 aliphatic heterocycles. The lowest BCUT2D eigenvalue weighted by Gasteiger charge is -2.40. The van der Waals surface area contributed by atoms with Gasteiger partial charge in [0.2, 0.25) is 11.6 Å². The van der Waals surface area contributed by atoms with Crippen molar-refractivity contribution >= 4 is 31.3 Å². The molecule has 12 heteroatoms. The highest BCUT2D eigenvalue weighted by Crippen LogP contribution is 2.36. The van der Waals surface area contributed by atoms with E-state index in [9.17, 15) is 24.6 Å². The van der Waals surface area contributed by atoms with Crippen LogP contribution in [-0.2, 0) is 33.0 Å². The lowest BCUT2D eigenvalue weighted by molar-refractivity contribution is -0.167. The van der Waals surface area contributed by atoms with Crippen molar-refractivity contribution in [2.45, 2.75) is 37.3 Å². The molecule has 0 aromatic heterocycles. The first kappa shape index (κ1) is 25.3. The molecule has 2 radical (unpaired) electrons. The van der Waals surface area contributed by atoms with Crippen molar-refractivity contribution in [1.29, 1.82) is 0 Å². The molecule has 192 valence electrons. The first-order valence-electron chi connectivity index (χ1n) is 12.0. The molecule has 3 heterocycles. The van der Waals surface area contributed by atoms with Gasteiger partial charge in [-0.3, -0.25) is 29.5 Å². The van der Waals surface area contributed by atoms with Gasteiger partial charge in [-0.25, -0.2) is 4.39 Å². The predicted octanol–water partition coefficient (Wildman–Crippen LogP) is 0.122. The van der Waals surface area contributed by atoms with E-state index in [0.717, 1.165) is 4.90 Å². The van der Waals surface area contributed by atoms with E-state index in [-0.39, 0.29) is 37.1 Å². The summed E-state index contributed by atoms with van der Waals surface area (Å²) in [7, 11) is 6.14. The van der Waals surface area contributed by atoms with Gasteiger partial charge >= 0.3 is 0 Å². The minimum atomic E-state index is -2.15. The molecule has 0 spiro atoms. The summed E-state index contributed by atoms with van der Waals surface area (Å²) in [5, 5.41) is 27.1. The summed E-state index contributed by atoms with van der Waals surface area (Å²) < 4.78 is 20.8. The average Bonchev–Trinajstić information content (AvgIpc) is 3.24. The fourth-order valence-corrected chi connectivity index (χ4v) is 5.01. The molecule has 0 aliphatic carbocycles. The molecule has 2 saturated heterocycles. The Balaban J connectivity index is 1.36. The summed E-state index contributed by atoms with van der Waals surface area (Å²) in [5.41, 5.74) is -2.63. The number of hydrogen-bond acceptors (Lipinski definition) is 8. The fraction of sp³-hybridized carbons (Fsp3) is 0.400. The van der Waals surface area contributed by atoms with Crippen LogP contribution in [-0.4, -0.2) is 77.6 Å². The Morgan fingerprint density at radius 1 is 1.16 bits per heavy atom. The maximum absolute atomic E-state index is 15.5. The molecule has 0 saturated carbocycles. The summed E-state index contributed by atoms with van der Waals surface area (Å²) in [4.78, 5) is 39.6. The maximum Gasteiger partial charge on any atom is 0.279 e. The summed E-state index contributed by atoms with van der Waals surface area (Å²) in [6, 6.07) is 9.53. The number of amides is 3. The molecule has 2 aromatic carbocycles. The molecule has 3 amide bonds. The number of aliphatic hydroxyl groups is 2. The standard InChI is InChI=1S/C25H26BFN4O6/c26-25(36,30-9-11-37-12-10-30)18-5-1-3-15(21(18)27)13-28-19-6-2-4-16-17(19)14-31(22(16)33)24(35)8-7-20(32)29-23(24)34/h1-6,28,35-36H,7-14H2,(H,29,32,34). The molecule has 37 heavy (non-hydrogen) atoms. The second-order valence-electron chi connectivity index (χ2n) is 9.37. The molecule has 3 aliphatic rings. The first-order chi connectivity index (χ1) is 17.6. The van der Waals surface area contributed by atoms with E-state index in [1.807, 2.05) is 0 Å². The molecule has 0 bridgehead atoms. The molecular weight excluding hydrogens is 482 g/mol. The zero-order valence-electron chi connectivity index (χ0n) is 20.0. The van der Waals surface area contributed by atoms with Crippen molar-refractivity contribution in [3.8, 4) is 0 Å². The zero-order valence-corrected chi connectivity index (χ0v) is 20.0. The average molecular weight is 508 g/mol. The van der Waals surface area contributed by atoms with Gasteiger partial charge in [0.1, 0.15) is 13.7 Å². The number of imide groups is 1. The summed E-state index contributed by atoms with van der Waals surface area (Å²) in [6.07, 6.45) is -0.301. The Bertz CT molecular complexity index is 1270. The van der Waals surface area contributed by atoms with Crippen LogP contribution in [0.3, 0.4) is 0 Å². The van der Waals surface area contributed by atoms with Crippen molar-refractivity contribution in [2.24, 2.45) is 0 Å². The third-order valence-corrected chi connectivity index (χ3v) is 7.17. The van der Waals surface area contributed by atoms with Crippen molar-refractivity contribution in [3.63, 3.8) is 0 Å². The summed E-state index contributed by atoms with van der Waals surface area (Å²) >= 11 is 0. The van der Waals surface area contributed by atoms with Gasteiger partial charge in [-0.05, 0) is 12.1 Å². The topological polar surface area (TPSA) is 131 Å². The minimum absolute atomic E-state index is 0.0166. The highest BCUT2D eigenvalue weighted by molar-refractivity contribution is 6.14. The van der Waals surface area contributed by atoms with E-state index in [0.29, 0.717) is 43.1 Å². The Hall–Kier alpha value is -3.32. The van der Waals surface area contributed by atoms with Crippen molar-refractivity contribution in [2.75, 3.05) is 31.6 Å². The van der Waals surface area contributed by atoms with Crippen LogP contribution in [0.2, 0.25) is 0 Å². The zero-order chi connectivity index (χ0) is 26.4. The monoisotopic (exact) mass is 508 g/mol. The largest absolute Gasteiger partial charge is 0.381 e. The van der Waals surface area contributed by atoms with Gasteiger partial charge in [0, 0.05) is 60.4 Å². The Labute approximate surface area is 213 Å². The number of halogens is 1. The number of carbonyl (C=O) groups is 3. The number of fused-ring (bicyclic) bond motifs is 1. The second kappa shape index (κ2) is 9.53. The van der Waals surface area contributed by atoms with E-state index in [1.54, 1.807) is 35.2 Å². The van der Waals surface area contributed by atoms with Crippen LogP contribution in [0.15, 0.2) is 36.4 Å². The quantitative estimate of drug-likeness (QED) is 0.320. The lowest BCUT2D eigenvalue weighted by Crippen LogP contribution is -2.63. The molecule has 10 nitrogen and oxygen atoms in total. The molecule has 2 aromatic rings. The number of rotatable bonds is 6. The van der Waals surface area contributed by atoms with Crippen LogP contribution in [0.4, 0.5) is 10.1 Å². The summed E-state index contributed by atoms with van der Waals surface area (Å²) in [5.74, 6) is -2.65. The van der Waals surface area contributed by atoms with E-state index in [2.05, 4.69) is 10.6 Å². The van der Waals surface area contributed by atoms with E-state index >= 15 is 4.39 Å². The van der Waals surface area contributed by atoms with Crippen LogP contribution in [0.5, 0.6) is 0 Å². The molecule has 2 unspecified atom stereocenters. The first-order valence-corrected chi connectivity index (χ1v) is 12.0. The fourth-order valence-electron chi connectivity index (χ4n) is 5.01. The highest BCUT2D eigenvalue weighted by atomic mass is 19.1. The van der Waals surface area contributed by atoms with E-state index in [4.69, 9.17) is 12.6 Å². The van der Waals surface area contributed by atoms with Gasteiger partial charge in [-0.2, -0.15) is 0 Å². The SMILES string of the molecule is [B]C(O)(c1cccc(CNc2cccc3c2CN(C2(O)CCC(=O)NC2=O)C3=O)c1F)N1CCOCC1. The number of benzene rings is 2. The molecule has 2 fully saturated rings. The maximum atomic E-state index is 15.5. The predicted molar refractivity (Wildman–Crippen MR) is 129 cm³/mol. The number of anilines is 1.